The summed E-state index contributed by atoms with van der Waals surface area (Å²) in [6.45, 7) is 5.23. The highest BCUT2D eigenvalue weighted by atomic mass is 15.2. The molecule has 0 aliphatic heterocycles. The van der Waals surface area contributed by atoms with Gasteiger partial charge in [0.2, 0.25) is 0 Å². The second kappa shape index (κ2) is 5.01. The molecule has 0 atom stereocenters. The van der Waals surface area contributed by atoms with Gasteiger partial charge in [0.05, 0.1) is 6.67 Å². The lowest BCUT2D eigenvalue weighted by Crippen LogP contribution is -2.28. The van der Waals surface area contributed by atoms with Gasteiger partial charge in [-0.15, -0.1) is 0 Å². The van der Waals surface area contributed by atoms with E-state index in [1.807, 2.05) is 7.05 Å². The van der Waals surface area contributed by atoms with E-state index in [-0.39, 0.29) is 0 Å². The average molecular weight is 192 g/mol. The number of hydrogen-bond acceptors (Lipinski definition) is 2. The molecule has 0 aliphatic carbocycles. The summed E-state index contributed by atoms with van der Waals surface area (Å²) in [6, 6.07) is 6.67. The Bertz CT molecular complexity index is 294. The number of aryl methyl sites for hydroxylation is 2. The summed E-state index contributed by atoms with van der Waals surface area (Å²) < 4.78 is 0. The van der Waals surface area contributed by atoms with Crippen LogP contribution in [0.15, 0.2) is 18.2 Å². The molecule has 0 radical (unpaired) electrons. The predicted octanol–water partition coefficient (Wildman–Crippen LogP) is 2.17. The normalized spacial score (nSPS) is 10.3. The van der Waals surface area contributed by atoms with Gasteiger partial charge in [0.15, 0.2) is 0 Å². The fourth-order valence-electron chi connectivity index (χ4n) is 1.69. The van der Waals surface area contributed by atoms with Crippen molar-refractivity contribution in [2.45, 2.75) is 20.3 Å². The molecule has 0 saturated carbocycles. The van der Waals surface area contributed by atoms with Gasteiger partial charge in [-0.2, -0.15) is 0 Å². The first-order valence-electron chi connectivity index (χ1n) is 5.14. The molecule has 0 spiro atoms. The predicted molar refractivity (Wildman–Crippen MR) is 62.9 cm³/mol. The number of anilines is 1. The van der Waals surface area contributed by atoms with Crippen molar-refractivity contribution in [3.63, 3.8) is 0 Å². The molecule has 0 bridgehead atoms. The van der Waals surface area contributed by atoms with Crippen LogP contribution in [0.5, 0.6) is 0 Å². The van der Waals surface area contributed by atoms with Crippen molar-refractivity contribution < 1.29 is 0 Å². The maximum Gasteiger partial charge on any atom is 0.0676 e. The second-order valence-electron chi connectivity index (χ2n) is 3.68. The van der Waals surface area contributed by atoms with Crippen LogP contribution in [0.4, 0.5) is 5.69 Å². The van der Waals surface area contributed by atoms with Crippen molar-refractivity contribution in [1.82, 2.24) is 5.32 Å². The van der Waals surface area contributed by atoms with Crippen molar-refractivity contribution in [2.24, 2.45) is 0 Å². The van der Waals surface area contributed by atoms with Gasteiger partial charge in [-0.3, -0.25) is 0 Å². The molecule has 0 unspecified atom stereocenters. The molecule has 2 nitrogen and oxygen atoms in total. The Kier molecular flexibility index (Phi) is 3.96. The standard InChI is InChI=1S/C12H20N2/c1-5-11-6-7-12(10(2)8-11)14(4)9-13-3/h6-8,13H,5,9H2,1-4H3. The van der Waals surface area contributed by atoms with E-state index in [4.69, 9.17) is 0 Å². The van der Waals surface area contributed by atoms with Crippen LogP contribution in [0.2, 0.25) is 0 Å². The molecule has 2 heteroatoms. The molecule has 78 valence electrons. The Labute approximate surface area is 86.9 Å². The first-order chi connectivity index (χ1) is 6.69. The maximum absolute atomic E-state index is 3.15. The molecule has 0 aliphatic rings. The van der Waals surface area contributed by atoms with E-state index >= 15 is 0 Å². The van der Waals surface area contributed by atoms with Crippen molar-refractivity contribution in [3.05, 3.63) is 29.3 Å². The minimum Gasteiger partial charge on any atom is -0.362 e. The van der Waals surface area contributed by atoms with Crippen LogP contribution in [0.3, 0.4) is 0 Å². The summed E-state index contributed by atoms with van der Waals surface area (Å²) in [6.07, 6.45) is 1.11. The van der Waals surface area contributed by atoms with Crippen LogP contribution >= 0.6 is 0 Å². The number of benzene rings is 1. The van der Waals surface area contributed by atoms with Crippen molar-refractivity contribution in [3.8, 4) is 0 Å². The van der Waals surface area contributed by atoms with Gasteiger partial charge in [-0.05, 0) is 37.6 Å². The van der Waals surface area contributed by atoms with E-state index in [9.17, 15) is 0 Å². The maximum atomic E-state index is 3.15. The van der Waals surface area contributed by atoms with Gasteiger partial charge in [-0.1, -0.05) is 19.1 Å². The zero-order chi connectivity index (χ0) is 10.6. The molecule has 1 rings (SSSR count). The van der Waals surface area contributed by atoms with E-state index < -0.39 is 0 Å². The van der Waals surface area contributed by atoms with Crippen molar-refractivity contribution in [1.29, 1.82) is 0 Å². The van der Waals surface area contributed by atoms with Crippen LogP contribution in [0.1, 0.15) is 18.1 Å². The smallest absolute Gasteiger partial charge is 0.0676 e. The van der Waals surface area contributed by atoms with Gasteiger partial charge in [-0.25, -0.2) is 0 Å². The Morgan fingerprint density at radius 1 is 1.36 bits per heavy atom. The van der Waals surface area contributed by atoms with Crippen molar-refractivity contribution in [2.75, 3.05) is 25.7 Å². The third kappa shape index (κ3) is 2.48. The van der Waals surface area contributed by atoms with Crippen LogP contribution in [-0.4, -0.2) is 20.8 Å². The molecule has 1 aromatic carbocycles. The Hall–Kier alpha value is -1.02. The highest BCUT2D eigenvalue weighted by molar-refractivity contribution is 5.53. The quantitative estimate of drug-likeness (QED) is 0.735. The van der Waals surface area contributed by atoms with E-state index in [2.05, 4.69) is 49.3 Å². The van der Waals surface area contributed by atoms with Crippen LogP contribution < -0.4 is 10.2 Å². The molecule has 0 heterocycles. The number of rotatable bonds is 4. The minimum atomic E-state index is 0.881. The summed E-state index contributed by atoms with van der Waals surface area (Å²) in [5.41, 5.74) is 4.06. The molecule has 1 aromatic rings. The molecular weight excluding hydrogens is 172 g/mol. The summed E-state index contributed by atoms with van der Waals surface area (Å²) >= 11 is 0. The number of hydrogen-bond donors (Lipinski definition) is 1. The van der Waals surface area contributed by atoms with Gasteiger partial charge < -0.3 is 10.2 Å². The summed E-state index contributed by atoms with van der Waals surface area (Å²) in [7, 11) is 4.07. The third-order valence-corrected chi connectivity index (χ3v) is 2.48. The molecule has 0 aromatic heterocycles. The van der Waals surface area contributed by atoms with Gasteiger partial charge in [0, 0.05) is 12.7 Å². The van der Waals surface area contributed by atoms with Crippen LogP contribution in [-0.2, 0) is 6.42 Å². The van der Waals surface area contributed by atoms with Crippen molar-refractivity contribution >= 4 is 5.69 Å². The summed E-state index contributed by atoms with van der Waals surface area (Å²) in [5.74, 6) is 0. The zero-order valence-corrected chi connectivity index (χ0v) is 9.59. The minimum absolute atomic E-state index is 0.881. The number of nitrogens with zero attached hydrogens (tertiary/aromatic N) is 1. The zero-order valence-electron chi connectivity index (χ0n) is 9.59. The van der Waals surface area contributed by atoms with Crippen LogP contribution in [0.25, 0.3) is 0 Å². The highest BCUT2D eigenvalue weighted by Crippen LogP contribution is 2.19. The van der Waals surface area contributed by atoms with E-state index in [0.29, 0.717) is 0 Å². The molecule has 0 saturated heterocycles. The fraction of sp³-hybridized carbons (Fsp3) is 0.500. The first kappa shape index (κ1) is 11.1. The number of nitrogens with one attached hydrogen (secondary N) is 1. The topological polar surface area (TPSA) is 15.3 Å². The SMILES string of the molecule is CCc1ccc(N(C)CNC)c(C)c1. The largest absolute Gasteiger partial charge is 0.362 e. The highest BCUT2D eigenvalue weighted by Gasteiger charge is 2.03. The lowest BCUT2D eigenvalue weighted by Gasteiger charge is -2.21. The Morgan fingerprint density at radius 3 is 2.57 bits per heavy atom. The molecule has 0 fully saturated rings. The molecule has 14 heavy (non-hydrogen) atoms. The van der Waals surface area contributed by atoms with Gasteiger partial charge in [0.1, 0.15) is 0 Å². The second-order valence-corrected chi connectivity index (χ2v) is 3.68. The lowest BCUT2D eigenvalue weighted by molar-refractivity contribution is 0.774. The molecular formula is C12H20N2. The van der Waals surface area contributed by atoms with Crippen LogP contribution in [0, 0.1) is 6.92 Å². The third-order valence-electron chi connectivity index (χ3n) is 2.48. The fourth-order valence-corrected chi connectivity index (χ4v) is 1.69. The van der Waals surface area contributed by atoms with E-state index in [1.165, 1.54) is 16.8 Å². The summed E-state index contributed by atoms with van der Waals surface area (Å²) in [5, 5.41) is 3.15. The Balaban J connectivity index is 2.88. The Morgan fingerprint density at radius 2 is 2.07 bits per heavy atom. The molecule has 0 amide bonds. The van der Waals surface area contributed by atoms with Gasteiger partial charge in [0.25, 0.3) is 0 Å². The summed E-state index contributed by atoms with van der Waals surface area (Å²) in [4.78, 5) is 2.22. The lowest BCUT2D eigenvalue weighted by atomic mass is 10.1. The average Bonchev–Trinajstić information content (AvgIpc) is 2.17. The first-order valence-corrected chi connectivity index (χ1v) is 5.14. The van der Waals surface area contributed by atoms with Gasteiger partial charge >= 0.3 is 0 Å². The van der Waals surface area contributed by atoms with E-state index in [1.54, 1.807) is 0 Å². The van der Waals surface area contributed by atoms with E-state index in [0.717, 1.165) is 13.1 Å². The molecule has 1 N–H and O–H groups in total. The monoisotopic (exact) mass is 192 g/mol.